The number of hydrogen-bond donors (Lipinski definition) is 1. The molecule has 0 bridgehead atoms. The highest BCUT2D eigenvalue weighted by Gasteiger charge is 2.33. The molecule has 3 rings (SSSR count). The summed E-state index contributed by atoms with van der Waals surface area (Å²) in [5.74, 6) is -0.675. The summed E-state index contributed by atoms with van der Waals surface area (Å²) in [5, 5.41) is 3.05. The lowest BCUT2D eigenvalue weighted by Crippen LogP contribution is -2.42. The lowest BCUT2D eigenvalue weighted by Gasteiger charge is -2.30. The molecule has 0 aliphatic carbocycles. The number of nitrogens with zero attached hydrogens (tertiary/aromatic N) is 1. The molecular weight excluding hydrogens is 473 g/mol. The summed E-state index contributed by atoms with van der Waals surface area (Å²) in [6.45, 7) is -2.64. The molecule has 1 saturated heterocycles. The Bertz CT molecular complexity index is 1050. The van der Waals surface area contributed by atoms with Crippen LogP contribution in [0.25, 0.3) is 0 Å². The second-order valence-electron chi connectivity index (χ2n) is 6.96. The highest BCUT2D eigenvalue weighted by Crippen LogP contribution is 2.30. The van der Waals surface area contributed by atoms with E-state index in [2.05, 4.69) is 10.1 Å². The topological polar surface area (TPSA) is 75.7 Å². The van der Waals surface area contributed by atoms with Gasteiger partial charge in [-0.3, -0.25) is 4.79 Å². The lowest BCUT2D eigenvalue weighted by molar-refractivity contribution is -0.126. The molecule has 0 aromatic heterocycles. The van der Waals surface area contributed by atoms with Gasteiger partial charge in [0.1, 0.15) is 10.6 Å². The van der Waals surface area contributed by atoms with Gasteiger partial charge in [-0.25, -0.2) is 8.42 Å². The van der Waals surface area contributed by atoms with E-state index in [-0.39, 0.29) is 46.2 Å². The highest BCUT2D eigenvalue weighted by molar-refractivity contribution is 7.89. The van der Waals surface area contributed by atoms with Gasteiger partial charge >= 0.3 is 6.61 Å². The van der Waals surface area contributed by atoms with Gasteiger partial charge in [0.05, 0.1) is 5.02 Å². The first-order chi connectivity index (χ1) is 14.7. The van der Waals surface area contributed by atoms with Crippen LogP contribution in [0.15, 0.2) is 47.4 Å². The molecular formula is C20H20Cl2F2N2O4S. The standard InChI is InChI=1S/C20H20Cl2F2N2O4S/c21-15-5-6-16(22)18(11-15)31(28,29)26-9-7-13(8-10-26)19(27)25-12-14-3-1-2-4-17(14)30-20(23)24/h1-6,11,13,20H,7-10,12H2,(H,25,27). The number of halogens is 4. The van der Waals surface area contributed by atoms with Crippen molar-refractivity contribution in [3.63, 3.8) is 0 Å². The minimum Gasteiger partial charge on any atom is -0.434 e. The van der Waals surface area contributed by atoms with Gasteiger partial charge in [0, 0.05) is 36.1 Å². The van der Waals surface area contributed by atoms with E-state index in [1.54, 1.807) is 18.2 Å². The molecule has 0 atom stereocenters. The Balaban J connectivity index is 1.59. The maximum Gasteiger partial charge on any atom is 0.387 e. The third-order valence-electron chi connectivity index (χ3n) is 4.98. The van der Waals surface area contributed by atoms with E-state index < -0.39 is 22.6 Å². The average Bonchev–Trinajstić information content (AvgIpc) is 2.74. The number of ether oxygens (including phenoxy) is 1. The largest absolute Gasteiger partial charge is 0.434 e. The zero-order valence-electron chi connectivity index (χ0n) is 16.2. The molecule has 0 unspecified atom stereocenters. The van der Waals surface area contributed by atoms with Crippen molar-refractivity contribution in [2.75, 3.05) is 13.1 Å². The molecule has 1 N–H and O–H groups in total. The van der Waals surface area contributed by atoms with E-state index in [1.807, 2.05) is 0 Å². The minimum atomic E-state index is -3.84. The third-order valence-corrected chi connectivity index (χ3v) is 7.59. The number of hydrogen-bond acceptors (Lipinski definition) is 4. The van der Waals surface area contributed by atoms with E-state index in [0.29, 0.717) is 18.4 Å². The average molecular weight is 493 g/mol. The maximum atomic E-state index is 12.9. The zero-order chi connectivity index (χ0) is 22.6. The van der Waals surface area contributed by atoms with Crippen LogP contribution in [-0.2, 0) is 21.4 Å². The summed E-state index contributed by atoms with van der Waals surface area (Å²) in [7, 11) is -3.84. The minimum absolute atomic E-state index is 0.00267. The number of nitrogens with one attached hydrogen (secondary N) is 1. The van der Waals surface area contributed by atoms with Gasteiger partial charge in [-0.2, -0.15) is 13.1 Å². The smallest absolute Gasteiger partial charge is 0.387 e. The van der Waals surface area contributed by atoms with E-state index in [1.165, 1.54) is 28.6 Å². The van der Waals surface area contributed by atoms with E-state index in [4.69, 9.17) is 23.2 Å². The van der Waals surface area contributed by atoms with Crippen LogP contribution in [0.4, 0.5) is 8.78 Å². The molecule has 1 aliphatic heterocycles. The van der Waals surface area contributed by atoms with Crippen LogP contribution >= 0.6 is 23.2 Å². The van der Waals surface area contributed by atoms with E-state index >= 15 is 0 Å². The Morgan fingerprint density at radius 1 is 1.16 bits per heavy atom. The molecule has 168 valence electrons. The number of piperidine rings is 1. The Morgan fingerprint density at radius 2 is 1.84 bits per heavy atom. The normalized spacial score (nSPS) is 15.8. The Labute approximate surface area is 189 Å². The number of benzene rings is 2. The monoisotopic (exact) mass is 492 g/mol. The lowest BCUT2D eigenvalue weighted by atomic mass is 9.97. The molecule has 1 heterocycles. The van der Waals surface area contributed by atoms with Crippen LogP contribution in [0.1, 0.15) is 18.4 Å². The molecule has 2 aromatic rings. The van der Waals surface area contributed by atoms with Gasteiger partial charge in [0.25, 0.3) is 0 Å². The summed E-state index contributed by atoms with van der Waals surface area (Å²) < 4.78 is 56.5. The first-order valence-corrected chi connectivity index (χ1v) is 11.6. The molecule has 11 heteroatoms. The molecule has 0 spiro atoms. The van der Waals surface area contributed by atoms with Crippen molar-refractivity contribution < 1.29 is 26.7 Å². The van der Waals surface area contributed by atoms with Crippen molar-refractivity contribution in [3.05, 3.63) is 58.1 Å². The Kier molecular flexibility index (Phi) is 7.74. The molecule has 1 aliphatic rings. The number of sulfonamides is 1. The molecule has 31 heavy (non-hydrogen) atoms. The van der Waals surface area contributed by atoms with Crippen molar-refractivity contribution in [3.8, 4) is 5.75 Å². The van der Waals surface area contributed by atoms with Gasteiger partial charge in [-0.15, -0.1) is 0 Å². The van der Waals surface area contributed by atoms with Crippen LogP contribution < -0.4 is 10.1 Å². The highest BCUT2D eigenvalue weighted by atomic mass is 35.5. The summed E-state index contributed by atoms with van der Waals surface area (Å²) in [4.78, 5) is 12.5. The molecule has 0 saturated carbocycles. The molecule has 2 aromatic carbocycles. The van der Waals surface area contributed by atoms with Crippen molar-refractivity contribution in [2.45, 2.75) is 30.9 Å². The summed E-state index contributed by atoms with van der Waals surface area (Å²) in [6.07, 6.45) is 0.636. The predicted octanol–water partition coefficient (Wildman–Crippen LogP) is 4.31. The van der Waals surface area contributed by atoms with Crippen molar-refractivity contribution in [1.82, 2.24) is 9.62 Å². The van der Waals surface area contributed by atoms with Gasteiger partial charge in [0.15, 0.2) is 0 Å². The summed E-state index contributed by atoms with van der Waals surface area (Å²) >= 11 is 11.9. The number of para-hydroxylation sites is 1. The fourth-order valence-electron chi connectivity index (χ4n) is 3.36. The fraction of sp³-hybridized carbons (Fsp3) is 0.350. The van der Waals surface area contributed by atoms with Crippen molar-refractivity contribution in [2.24, 2.45) is 5.92 Å². The van der Waals surface area contributed by atoms with Crippen LogP contribution in [0.5, 0.6) is 5.75 Å². The molecule has 1 amide bonds. The Morgan fingerprint density at radius 3 is 2.52 bits per heavy atom. The zero-order valence-corrected chi connectivity index (χ0v) is 18.6. The Hall–Kier alpha value is -1.94. The van der Waals surface area contributed by atoms with Crippen LogP contribution in [0.2, 0.25) is 10.0 Å². The molecule has 6 nitrogen and oxygen atoms in total. The number of carbonyl (C=O) groups is 1. The van der Waals surface area contributed by atoms with Crippen LogP contribution in [-0.4, -0.2) is 38.3 Å². The van der Waals surface area contributed by atoms with Crippen molar-refractivity contribution in [1.29, 1.82) is 0 Å². The van der Waals surface area contributed by atoms with Gasteiger partial charge in [-0.05, 0) is 37.1 Å². The van der Waals surface area contributed by atoms with Gasteiger partial charge in [-0.1, -0.05) is 41.4 Å². The van der Waals surface area contributed by atoms with Crippen LogP contribution in [0, 0.1) is 5.92 Å². The van der Waals surface area contributed by atoms with E-state index in [0.717, 1.165) is 0 Å². The second-order valence-corrected chi connectivity index (χ2v) is 9.71. The first-order valence-electron chi connectivity index (χ1n) is 9.44. The SMILES string of the molecule is O=C(NCc1ccccc1OC(F)F)C1CCN(S(=O)(=O)c2cc(Cl)ccc2Cl)CC1. The van der Waals surface area contributed by atoms with Gasteiger partial charge in [0.2, 0.25) is 15.9 Å². The summed E-state index contributed by atoms with van der Waals surface area (Å²) in [5.41, 5.74) is 0.423. The molecule has 1 fully saturated rings. The predicted molar refractivity (Wildman–Crippen MR) is 113 cm³/mol. The van der Waals surface area contributed by atoms with Crippen molar-refractivity contribution >= 4 is 39.1 Å². The third kappa shape index (κ3) is 5.85. The fourth-order valence-corrected chi connectivity index (χ4v) is 5.57. The number of amides is 1. The number of alkyl halides is 2. The quantitative estimate of drug-likeness (QED) is 0.624. The number of carbonyl (C=O) groups excluding carboxylic acids is 1. The van der Waals surface area contributed by atoms with E-state index in [9.17, 15) is 22.0 Å². The van der Waals surface area contributed by atoms with Crippen LogP contribution in [0.3, 0.4) is 0 Å². The molecule has 0 radical (unpaired) electrons. The maximum absolute atomic E-state index is 12.9. The summed E-state index contributed by atoms with van der Waals surface area (Å²) in [6, 6.07) is 10.4. The first kappa shape index (κ1) is 23.7. The number of rotatable bonds is 7. The van der Waals surface area contributed by atoms with Gasteiger partial charge < -0.3 is 10.1 Å². The second kappa shape index (κ2) is 10.1.